The van der Waals surface area contributed by atoms with Gasteiger partial charge in [-0.25, -0.2) is 0 Å². The van der Waals surface area contributed by atoms with E-state index in [1.807, 2.05) is 18.2 Å². The fourth-order valence-electron chi connectivity index (χ4n) is 1.81. The van der Waals surface area contributed by atoms with Crippen LogP contribution in [0.4, 0.5) is 0 Å². The van der Waals surface area contributed by atoms with Gasteiger partial charge in [0.05, 0.1) is 22.8 Å². The van der Waals surface area contributed by atoms with E-state index in [4.69, 9.17) is 27.9 Å². The molecular formula is C12H15Cl2NO. The van der Waals surface area contributed by atoms with Crippen LogP contribution < -0.4 is 5.32 Å². The molecule has 1 saturated heterocycles. The maximum Gasteiger partial charge on any atom is 0.0721 e. The van der Waals surface area contributed by atoms with Gasteiger partial charge in [-0.2, -0.15) is 0 Å². The zero-order valence-corrected chi connectivity index (χ0v) is 10.5. The highest BCUT2D eigenvalue weighted by atomic mass is 35.5. The van der Waals surface area contributed by atoms with Gasteiger partial charge in [-0.1, -0.05) is 29.3 Å². The molecule has 0 saturated carbocycles. The van der Waals surface area contributed by atoms with Gasteiger partial charge in [0.15, 0.2) is 0 Å². The van der Waals surface area contributed by atoms with Crippen LogP contribution in [0.25, 0.3) is 0 Å². The second-order valence-electron chi connectivity index (χ2n) is 4.03. The maximum atomic E-state index is 5.94. The summed E-state index contributed by atoms with van der Waals surface area (Å²) in [7, 11) is 0. The van der Waals surface area contributed by atoms with E-state index in [0.717, 1.165) is 25.1 Å². The van der Waals surface area contributed by atoms with Crippen molar-refractivity contribution in [3.05, 3.63) is 33.8 Å². The molecule has 1 N–H and O–H groups in total. The second kappa shape index (κ2) is 5.87. The van der Waals surface area contributed by atoms with Gasteiger partial charge in [-0.05, 0) is 37.1 Å². The number of nitrogens with one attached hydrogen (secondary N) is 1. The molecule has 0 spiro atoms. The van der Waals surface area contributed by atoms with Gasteiger partial charge >= 0.3 is 0 Å². The SMILES string of the molecule is Clc1ccc(COC2CCCNC2)cc1Cl. The molecule has 0 amide bonds. The van der Waals surface area contributed by atoms with E-state index in [9.17, 15) is 0 Å². The van der Waals surface area contributed by atoms with Crippen LogP contribution in [0.2, 0.25) is 10.0 Å². The third kappa shape index (κ3) is 3.36. The summed E-state index contributed by atoms with van der Waals surface area (Å²) in [6, 6.07) is 5.62. The van der Waals surface area contributed by atoms with E-state index in [2.05, 4.69) is 5.32 Å². The van der Waals surface area contributed by atoms with Crippen molar-refractivity contribution in [3.63, 3.8) is 0 Å². The quantitative estimate of drug-likeness (QED) is 0.900. The number of halogens is 2. The Labute approximate surface area is 106 Å². The average Bonchev–Trinajstić information content (AvgIpc) is 2.32. The van der Waals surface area contributed by atoms with Crippen LogP contribution in [-0.4, -0.2) is 19.2 Å². The molecule has 1 fully saturated rings. The highest BCUT2D eigenvalue weighted by Gasteiger charge is 2.13. The number of benzene rings is 1. The van der Waals surface area contributed by atoms with Crippen molar-refractivity contribution in [3.8, 4) is 0 Å². The standard InChI is InChI=1S/C12H15Cl2NO/c13-11-4-3-9(6-12(11)14)8-16-10-2-1-5-15-7-10/h3-4,6,10,15H,1-2,5,7-8H2. The van der Waals surface area contributed by atoms with Gasteiger partial charge in [0, 0.05) is 6.54 Å². The predicted molar refractivity (Wildman–Crippen MR) is 67.1 cm³/mol. The number of hydrogen-bond donors (Lipinski definition) is 1. The first-order valence-corrected chi connectivity index (χ1v) is 6.27. The first-order valence-electron chi connectivity index (χ1n) is 5.52. The third-order valence-electron chi connectivity index (χ3n) is 2.72. The Morgan fingerprint density at radius 1 is 1.31 bits per heavy atom. The molecule has 1 unspecified atom stereocenters. The lowest BCUT2D eigenvalue weighted by molar-refractivity contribution is 0.0253. The Morgan fingerprint density at radius 3 is 2.88 bits per heavy atom. The molecule has 1 aromatic carbocycles. The van der Waals surface area contributed by atoms with Crippen molar-refractivity contribution < 1.29 is 4.74 Å². The van der Waals surface area contributed by atoms with Gasteiger partial charge in [-0.15, -0.1) is 0 Å². The topological polar surface area (TPSA) is 21.3 Å². The largest absolute Gasteiger partial charge is 0.372 e. The summed E-state index contributed by atoms with van der Waals surface area (Å²) in [6.45, 7) is 2.65. The fraction of sp³-hybridized carbons (Fsp3) is 0.500. The lowest BCUT2D eigenvalue weighted by atomic mass is 10.1. The van der Waals surface area contributed by atoms with Crippen LogP contribution >= 0.6 is 23.2 Å². The van der Waals surface area contributed by atoms with Crippen molar-refractivity contribution in [1.29, 1.82) is 0 Å². The van der Waals surface area contributed by atoms with Crippen LogP contribution in [0.3, 0.4) is 0 Å². The van der Waals surface area contributed by atoms with Crippen molar-refractivity contribution in [1.82, 2.24) is 5.32 Å². The van der Waals surface area contributed by atoms with Gasteiger partial charge < -0.3 is 10.1 Å². The van der Waals surface area contributed by atoms with E-state index in [1.54, 1.807) is 0 Å². The molecule has 1 aliphatic rings. The van der Waals surface area contributed by atoms with Crippen molar-refractivity contribution >= 4 is 23.2 Å². The third-order valence-corrected chi connectivity index (χ3v) is 3.46. The molecular weight excluding hydrogens is 245 g/mol. The number of piperidine rings is 1. The van der Waals surface area contributed by atoms with Crippen LogP contribution in [0, 0.1) is 0 Å². The minimum absolute atomic E-state index is 0.322. The number of rotatable bonds is 3. The predicted octanol–water partition coefficient (Wildman–Crippen LogP) is 3.26. The molecule has 1 atom stereocenters. The van der Waals surface area contributed by atoms with E-state index in [1.165, 1.54) is 6.42 Å². The molecule has 0 bridgehead atoms. The average molecular weight is 260 g/mol. The molecule has 0 radical (unpaired) electrons. The van der Waals surface area contributed by atoms with Crippen molar-refractivity contribution in [2.45, 2.75) is 25.6 Å². The Hall–Kier alpha value is -0.280. The summed E-state index contributed by atoms with van der Waals surface area (Å²) in [6.07, 6.45) is 2.64. The number of hydrogen-bond acceptors (Lipinski definition) is 2. The summed E-state index contributed by atoms with van der Waals surface area (Å²) >= 11 is 11.8. The van der Waals surface area contributed by atoms with Crippen LogP contribution in [0.15, 0.2) is 18.2 Å². The molecule has 1 heterocycles. The zero-order valence-electron chi connectivity index (χ0n) is 9.01. The summed E-state index contributed by atoms with van der Waals surface area (Å²) in [5.74, 6) is 0. The Bertz CT molecular complexity index is 351. The summed E-state index contributed by atoms with van der Waals surface area (Å²) < 4.78 is 5.80. The number of ether oxygens (including phenoxy) is 1. The monoisotopic (exact) mass is 259 g/mol. The van der Waals surface area contributed by atoms with Gasteiger partial charge in [0.2, 0.25) is 0 Å². The van der Waals surface area contributed by atoms with E-state index >= 15 is 0 Å². The highest BCUT2D eigenvalue weighted by molar-refractivity contribution is 6.41. The minimum atomic E-state index is 0.322. The van der Waals surface area contributed by atoms with Crippen molar-refractivity contribution in [2.75, 3.05) is 13.1 Å². The highest BCUT2D eigenvalue weighted by Crippen LogP contribution is 2.23. The maximum absolute atomic E-state index is 5.94. The lowest BCUT2D eigenvalue weighted by Gasteiger charge is -2.23. The van der Waals surface area contributed by atoms with E-state index in [0.29, 0.717) is 22.8 Å². The molecule has 0 aliphatic carbocycles. The fourth-order valence-corrected chi connectivity index (χ4v) is 2.13. The molecule has 1 aromatic rings. The van der Waals surface area contributed by atoms with Crippen LogP contribution in [0.5, 0.6) is 0 Å². The summed E-state index contributed by atoms with van der Waals surface area (Å²) in [5.41, 5.74) is 1.07. The summed E-state index contributed by atoms with van der Waals surface area (Å²) in [5, 5.41) is 4.49. The Morgan fingerprint density at radius 2 is 2.19 bits per heavy atom. The Kier molecular flexibility index (Phi) is 4.47. The second-order valence-corrected chi connectivity index (χ2v) is 4.84. The van der Waals surface area contributed by atoms with Crippen LogP contribution in [-0.2, 0) is 11.3 Å². The van der Waals surface area contributed by atoms with E-state index < -0.39 is 0 Å². The lowest BCUT2D eigenvalue weighted by Crippen LogP contribution is -2.35. The van der Waals surface area contributed by atoms with Crippen LogP contribution in [0.1, 0.15) is 18.4 Å². The first-order chi connectivity index (χ1) is 7.75. The molecule has 1 aliphatic heterocycles. The Balaban J connectivity index is 1.86. The van der Waals surface area contributed by atoms with Gasteiger partial charge in [-0.3, -0.25) is 0 Å². The smallest absolute Gasteiger partial charge is 0.0721 e. The molecule has 88 valence electrons. The van der Waals surface area contributed by atoms with E-state index in [-0.39, 0.29) is 0 Å². The molecule has 2 rings (SSSR count). The molecule has 2 nitrogen and oxygen atoms in total. The minimum Gasteiger partial charge on any atom is -0.372 e. The van der Waals surface area contributed by atoms with Gasteiger partial charge in [0.1, 0.15) is 0 Å². The molecule has 16 heavy (non-hydrogen) atoms. The van der Waals surface area contributed by atoms with Crippen molar-refractivity contribution in [2.24, 2.45) is 0 Å². The molecule has 4 heteroatoms. The van der Waals surface area contributed by atoms with Gasteiger partial charge in [0.25, 0.3) is 0 Å². The normalized spacial score (nSPS) is 21.0. The molecule has 0 aromatic heterocycles. The summed E-state index contributed by atoms with van der Waals surface area (Å²) in [4.78, 5) is 0. The first kappa shape index (κ1) is 12.2. The zero-order chi connectivity index (χ0) is 11.4.